The van der Waals surface area contributed by atoms with Gasteiger partial charge in [0.15, 0.2) is 0 Å². The molecule has 108 valence electrons. The summed E-state index contributed by atoms with van der Waals surface area (Å²) in [5, 5.41) is 0. The van der Waals surface area contributed by atoms with E-state index in [0.717, 1.165) is 0 Å². The second kappa shape index (κ2) is 14.3. The Labute approximate surface area is 117 Å². The highest BCUT2D eigenvalue weighted by atomic mass is 14.1. The van der Waals surface area contributed by atoms with Gasteiger partial charge in [0.2, 0.25) is 0 Å². The van der Waals surface area contributed by atoms with E-state index in [4.69, 9.17) is 0 Å². The average molecular weight is 252 g/mol. The summed E-state index contributed by atoms with van der Waals surface area (Å²) >= 11 is 0. The zero-order valence-electron chi connectivity index (χ0n) is 14.7. The van der Waals surface area contributed by atoms with Crippen molar-refractivity contribution in [2.24, 2.45) is 0 Å². The predicted octanol–water partition coefficient (Wildman–Crippen LogP) is 6.81. The van der Waals surface area contributed by atoms with Crippen molar-refractivity contribution in [3.63, 3.8) is 0 Å². The van der Waals surface area contributed by atoms with Crippen LogP contribution in [0.4, 0.5) is 0 Å². The van der Waals surface area contributed by atoms with E-state index in [0.29, 0.717) is 5.92 Å². The van der Waals surface area contributed by atoms with Crippen molar-refractivity contribution in [1.29, 1.82) is 0 Å². The van der Waals surface area contributed by atoms with Crippen LogP contribution in [-0.4, -0.2) is 0 Å². The van der Waals surface area contributed by atoms with Crippen molar-refractivity contribution in [3.05, 3.63) is 34.4 Å². The van der Waals surface area contributed by atoms with Gasteiger partial charge < -0.3 is 0 Å². The van der Waals surface area contributed by atoms with Crippen molar-refractivity contribution in [2.75, 3.05) is 0 Å². The quantitative estimate of drug-likeness (QED) is 0.515. The van der Waals surface area contributed by atoms with Crippen LogP contribution in [0.5, 0.6) is 0 Å². The van der Waals surface area contributed by atoms with Crippen LogP contribution in [0.25, 0.3) is 0 Å². The standard InChI is InChI=1S/C12H18.3C2H6/c1-8(2)12-7-6-9(3)10(4)11(12)5;3*1-2/h6-8H,1-5H3;3*1-2H3. The summed E-state index contributed by atoms with van der Waals surface area (Å²) in [5.41, 5.74) is 5.79. The van der Waals surface area contributed by atoms with Crippen LogP contribution in [-0.2, 0) is 0 Å². The van der Waals surface area contributed by atoms with Crippen LogP contribution in [0.1, 0.15) is 83.6 Å². The van der Waals surface area contributed by atoms with Gasteiger partial charge in [-0.3, -0.25) is 0 Å². The molecule has 0 nitrogen and oxygen atoms in total. The molecule has 0 fully saturated rings. The third-order valence-electron chi connectivity index (χ3n) is 2.72. The fraction of sp³-hybridized carbons (Fsp3) is 0.667. The lowest BCUT2D eigenvalue weighted by molar-refractivity contribution is 0.852. The van der Waals surface area contributed by atoms with E-state index < -0.39 is 0 Å². The summed E-state index contributed by atoms with van der Waals surface area (Å²) in [4.78, 5) is 0. The molecule has 0 radical (unpaired) electrons. The second-order valence-corrected chi connectivity index (χ2v) is 3.88. The first kappa shape index (κ1) is 22.4. The summed E-state index contributed by atoms with van der Waals surface area (Å²) in [6.07, 6.45) is 0. The SMILES string of the molecule is CC.CC.CC.Cc1ccc(C(C)C)c(C)c1C. The molecule has 0 aliphatic heterocycles. The maximum Gasteiger partial charge on any atom is -0.0216 e. The molecule has 0 heteroatoms. The minimum absolute atomic E-state index is 0.643. The zero-order valence-corrected chi connectivity index (χ0v) is 14.7. The van der Waals surface area contributed by atoms with Gasteiger partial charge in [0.1, 0.15) is 0 Å². The predicted molar refractivity (Wildman–Crippen MR) is 88.8 cm³/mol. The van der Waals surface area contributed by atoms with E-state index in [-0.39, 0.29) is 0 Å². The normalized spacial score (nSPS) is 8.22. The fourth-order valence-electron chi connectivity index (χ4n) is 1.60. The first-order chi connectivity index (χ1) is 8.54. The second-order valence-electron chi connectivity index (χ2n) is 3.88. The van der Waals surface area contributed by atoms with Crippen molar-refractivity contribution in [3.8, 4) is 0 Å². The Kier molecular flexibility index (Phi) is 17.8. The van der Waals surface area contributed by atoms with Gasteiger partial charge in [0, 0.05) is 0 Å². The summed E-state index contributed by atoms with van der Waals surface area (Å²) < 4.78 is 0. The molecule has 1 aromatic carbocycles. The molecule has 18 heavy (non-hydrogen) atoms. The monoisotopic (exact) mass is 252 g/mol. The molecule has 0 saturated carbocycles. The summed E-state index contributed by atoms with van der Waals surface area (Å²) in [7, 11) is 0. The summed E-state index contributed by atoms with van der Waals surface area (Å²) in [6.45, 7) is 23.1. The Balaban J connectivity index is -0.000000328. The van der Waals surface area contributed by atoms with Crippen molar-refractivity contribution in [2.45, 2.75) is 82.1 Å². The fourth-order valence-corrected chi connectivity index (χ4v) is 1.60. The molecule has 0 aliphatic rings. The molecule has 0 bridgehead atoms. The van der Waals surface area contributed by atoms with Gasteiger partial charge >= 0.3 is 0 Å². The molecule has 0 saturated heterocycles. The largest absolute Gasteiger partial charge is 0.0683 e. The van der Waals surface area contributed by atoms with E-state index in [9.17, 15) is 0 Å². The van der Waals surface area contributed by atoms with E-state index in [1.807, 2.05) is 41.5 Å². The number of benzene rings is 1. The van der Waals surface area contributed by atoms with Crippen LogP contribution < -0.4 is 0 Å². The molecule has 0 amide bonds. The first-order valence-electron chi connectivity index (χ1n) is 7.60. The van der Waals surface area contributed by atoms with Gasteiger partial charge in [0.25, 0.3) is 0 Å². The highest BCUT2D eigenvalue weighted by Gasteiger charge is 2.05. The van der Waals surface area contributed by atoms with Gasteiger partial charge in [-0.25, -0.2) is 0 Å². The molecular weight excluding hydrogens is 216 g/mol. The number of hydrogen-bond acceptors (Lipinski definition) is 0. The van der Waals surface area contributed by atoms with E-state index in [2.05, 4.69) is 46.8 Å². The maximum absolute atomic E-state index is 2.25. The molecule has 0 atom stereocenters. The van der Waals surface area contributed by atoms with Crippen LogP contribution in [0.3, 0.4) is 0 Å². The number of hydrogen-bond donors (Lipinski definition) is 0. The van der Waals surface area contributed by atoms with Crippen LogP contribution >= 0.6 is 0 Å². The molecule has 1 rings (SSSR count). The van der Waals surface area contributed by atoms with Crippen LogP contribution in [0.15, 0.2) is 12.1 Å². The highest BCUT2D eigenvalue weighted by Crippen LogP contribution is 2.23. The molecule has 0 spiro atoms. The van der Waals surface area contributed by atoms with Gasteiger partial charge in [-0.15, -0.1) is 0 Å². The van der Waals surface area contributed by atoms with Gasteiger partial charge in [0.05, 0.1) is 0 Å². The Morgan fingerprint density at radius 2 is 1.06 bits per heavy atom. The molecular formula is C18H36. The lowest BCUT2D eigenvalue weighted by Crippen LogP contribution is -1.96. The molecule has 0 unspecified atom stereocenters. The number of aryl methyl sites for hydroxylation is 1. The van der Waals surface area contributed by atoms with Crippen molar-refractivity contribution in [1.82, 2.24) is 0 Å². The van der Waals surface area contributed by atoms with E-state index >= 15 is 0 Å². The third-order valence-corrected chi connectivity index (χ3v) is 2.72. The van der Waals surface area contributed by atoms with Crippen LogP contribution in [0.2, 0.25) is 0 Å². The highest BCUT2D eigenvalue weighted by molar-refractivity contribution is 5.40. The molecule has 0 heterocycles. The van der Waals surface area contributed by atoms with Crippen molar-refractivity contribution >= 4 is 0 Å². The van der Waals surface area contributed by atoms with Crippen LogP contribution in [0, 0.1) is 20.8 Å². The van der Waals surface area contributed by atoms with Crippen molar-refractivity contribution < 1.29 is 0 Å². The Hall–Kier alpha value is -0.780. The summed E-state index contributed by atoms with van der Waals surface area (Å²) in [5.74, 6) is 0.643. The Bertz CT molecular complexity index is 282. The van der Waals surface area contributed by atoms with Gasteiger partial charge in [-0.05, 0) is 48.9 Å². The molecule has 0 aromatic heterocycles. The van der Waals surface area contributed by atoms with Gasteiger partial charge in [-0.2, -0.15) is 0 Å². The summed E-state index contributed by atoms with van der Waals surface area (Å²) in [6, 6.07) is 4.47. The van der Waals surface area contributed by atoms with E-state index in [1.54, 1.807) is 0 Å². The lowest BCUT2D eigenvalue weighted by atomic mass is 9.92. The maximum atomic E-state index is 2.25. The smallest absolute Gasteiger partial charge is 0.0216 e. The third kappa shape index (κ3) is 7.53. The Morgan fingerprint density at radius 3 is 1.39 bits per heavy atom. The Morgan fingerprint density at radius 1 is 0.667 bits per heavy atom. The minimum atomic E-state index is 0.643. The minimum Gasteiger partial charge on any atom is -0.0683 e. The lowest BCUT2D eigenvalue weighted by Gasteiger charge is -2.13. The average Bonchev–Trinajstić information content (AvgIpc) is 2.42. The molecule has 1 aromatic rings. The first-order valence-corrected chi connectivity index (χ1v) is 7.60. The zero-order chi connectivity index (χ0) is 15.3. The topological polar surface area (TPSA) is 0 Å². The van der Waals surface area contributed by atoms with E-state index in [1.165, 1.54) is 22.3 Å². The number of rotatable bonds is 1. The molecule has 0 aliphatic carbocycles. The van der Waals surface area contributed by atoms with Gasteiger partial charge in [-0.1, -0.05) is 67.5 Å². The molecule has 0 N–H and O–H groups in total.